The van der Waals surface area contributed by atoms with Crippen molar-refractivity contribution in [1.82, 2.24) is 20.0 Å². The van der Waals surface area contributed by atoms with E-state index in [0.717, 1.165) is 38.9 Å². The summed E-state index contributed by atoms with van der Waals surface area (Å²) < 4.78 is 0. The second-order valence-electron chi connectivity index (χ2n) is 7.04. The molecule has 2 amide bonds. The summed E-state index contributed by atoms with van der Waals surface area (Å²) in [5.41, 5.74) is 0.0611. The highest BCUT2D eigenvalue weighted by Gasteiger charge is 2.36. The van der Waals surface area contributed by atoms with Gasteiger partial charge >= 0.3 is 0 Å². The van der Waals surface area contributed by atoms with E-state index in [-0.39, 0.29) is 23.8 Å². The normalized spacial score (nSPS) is 20.2. The third-order valence-corrected chi connectivity index (χ3v) is 5.26. The van der Waals surface area contributed by atoms with E-state index >= 15 is 0 Å². The largest absolute Gasteiger partial charge is 0.483 e. The van der Waals surface area contributed by atoms with Crippen LogP contribution >= 0.6 is 0 Å². The Kier molecular flexibility index (Phi) is 8.85. The Morgan fingerprint density at radius 2 is 1.92 bits per heavy atom. The second-order valence-corrected chi connectivity index (χ2v) is 7.04. The highest BCUT2D eigenvalue weighted by Crippen LogP contribution is 2.25. The summed E-state index contributed by atoms with van der Waals surface area (Å²) in [7, 11) is 6.34. The van der Waals surface area contributed by atoms with Gasteiger partial charge in [-0.15, -0.1) is 0 Å². The molecular weight excluding hydrogens is 324 g/mol. The van der Waals surface area contributed by atoms with Crippen LogP contribution in [-0.4, -0.2) is 97.5 Å². The number of carboxylic acid groups (broad SMARTS) is 1. The highest BCUT2D eigenvalue weighted by atomic mass is 16.3. The lowest BCUT2D eigenvalue weighted by Crippen LogP contribution is -2.58. The molecule has 8 nitrogen and oxygen atoms in total. The average Bonchev–Trinajstić information content (AvgIpc) is 2.98. The van der Waals surface area contributed by atoms with Crippen LogP contribution in [0.3, 0.4) is 0 Å². The molecule has 0 radical (unpaired) electrons. The standard InChI is InChI=1S/C16H30N4O2.CH2O2/c1-18(2)16(7-11-19(3)12-8-16)13-17-14(21)6-10-20-9-4-5-15(20)22;2-1-3/h4-13H2,1-3H3,(H,17,21);1H,(H,2,3). The van der Waals surface area contributed by atoms with Crippen molar-refractivity contribution in [3.05, 3.63) is 0 Å². The molecule has 2 N–H and O–H groups in total. The topological polar surface area (TPSA) is 93.2 Å². The molecule has 144 valence electrons. The van der Waals surface area contributed by atoms with E-state index in [9.17, 15) is 9.59 Å². The van der Waals surface area contributed by atoms with Crippen LogP contribution in [0.25, 0.3) is 0 Å². The number of nitrogens with one attached hydrogen (secondary N) is 1. The Morgan fingerprint density at radius 3 is 2.40 bits per heavy atom. The fraction of sp³-hybridized carbons (Fsp3) is 0.824. The van der Waals surface area contributed by atoms with E-state index in [1.807, 2.05) is 0 Å². The summed E-state index contributed by atoms with van der Waals surface area (Å²) >= 11 is 0. The SMILES string of the molecule is CN1CCC(CNC(=O)CCN2CCCC2=O)(N(C)C)CC1.O=CO. The number of hydrogen-bond donors (Lipinski definition) is 2. The molecule has 8 heteroatoms. The van der Waals surface area contributed by atoms with E-state index in [4.69, 9.17) is 9.90 Å². The second kappa shape index (κ2) is 10.4. The van der Waals surface area contributed by atoms with Crippen LogP contribution in [0.1, 0.15) is 32.1 Å². The number of piperidine rings is 1. The molecule has 2 heterocycles. The van der Waals surface area contributed by atoms with Gasteiger partial charge in [0.1, 0.15) is 0 Å². The smallest absolute Gasteiger partial charge is 0.290 e. The van der Waals surface area contributed by atoms with Gasteiger partial charge in [0.25, 0.3) is 6.47 Å². The molecule has 0 bridgehead atoms. The molecule has 0 aliphatic carbocycles. The van der Waals surface area contributed by atoms with Gasteiger partial charge in [0, 0.05) is 38.0 Å². The van der Waals surface area contributed by atoms with Crippen molar-refractivity contribution in [3.63, 3.8) is 0 Å². The molecule has 2 fully saturated rings. The van der Waals surface area contributed by atoms with Gasteiger partial charge in [-0.2, -0.15) is 0 Å². The molecule has 0 spiro atoms. The van der Waals surface area contributed by atoms with E-state index in [0.29, 0.717) is 25.9 Å². The summed E-state index contributed by atoms with van der Waals surface area (Å²) in [6, 6.07) is 0. The van der Waals surface area contributed by atoms with Crippen molar-refractivity contribution >= 4 is 18.3 Å². The fourth-order valence-electron chi connectivity index (χ4n) is 3.35. The first-order valence-corrected chi connectivity index (χ1v) is 8.83. The van der Waals surface area contributed by atoms with Crippen molar-refractivity contribution in [2.24, 2.45) is 0 Å². The minimum absolute atomic E-state index is 0.0554. The summed E-state index contributed by atoms with van der Waals surface area (Å²) in [6.07, 6.45) is 4.12. The van der Waals surface area contributed by atoms with E-state index < -0.39 is 0 Å². The van der Waals surface area contributed by atoms with Crippen LogP contribution in [0, 0.1) is 0 Å². The van der Waals surface area contributed by atoms with Crippen LogP contribution in [0.5, 0.6) is 0 Å². The molecule has 2 saturated heterocycles. The zero-order valence-corrected chi connectivity index (χ0v) is 15.7. The first kappa shape index (κ1) is 21.4. The fourth-order valence-corrected chi connectivity index (χ4v) is 3.35. The number of nitrogens with zero attached hydrogens (tertiary/aromatic N) is 3. The maximum atomic E-state index is 12.1. The van der Waals surface area contributed by atoms with Gasteiger partial charge in [-0.05, 0) is 53.5 Å². The van der Waals surface area contributed by atoms with Crippen molar-refractivity contribution in [1.29, 1.82) is 0 Å². The molecule has 0 unspecified atom stereocenters. The minimum Gasteiger partial charge on any atom is -0.483 e. The molecule has 2 rings (SSSR count). The number of carbonyl (C=O) groups is 3. The molecule has 0 aromatic heterocycles. The average molecular weight is 356 g/mol. The lowest BCUT2D eigenvalue weighted by atomic mass is 9.86. The first-order valence-electron chi connectivity index (χ1n) is 8.83. The predicted molar refractivity (Wildman–Crippen MR) is 95.3 cm³/mol. The molecule has 0 aromatic rings. The molecule has 25 heavy (non-hydrogen) atoms. The van der Waals surface area contributed by atoms with Gasteiger partial charge < -0.3 is 25.1 Å². The quantitative estimate of drug-likeness (QED) is 0.643. The summed E-state index contributed by atoms with van der Waals surface area (Å²) in [5, 5.41) is 9.98. The van der Waals surface area contributed by atoms with Gasteiger partial charge in [0.2, 0.25) is 11.8 Å². The zero-order valence-electron chi connectivity index (χ0n) is 15.7. The van der Waals surface area contributed by atoms with Gasteiger partial charge in [-0.1, -0.05) is 0 Å². The third kappa shape index (κ3) is 6.62. The Balaban J connectivity index is 0.000000970. The number of carbonyl (C=O) groups excluding carboxylic acids is 2. The number of amides is 2. The Labute approximate surface area is 150 Å². The van der Waals surface area contributed by atoms with Crippen molar-refractivity contribution in [2.45, 2.75) is 37.6 Å². The van der Waals surface area contributed by atoms with Crippen LogP contribution in [0.15, 0.2) is 0 Å². The van der Waals surface area contributed by atoms with Gasteiger partial charge in [0.05, 0.1) is 0 Å². The highest BCUT2D eigenvalue weighted by molar-refractivity contribution is 5.80. The predicted octanol–water partition coefficient (Wildman–Crippen LogP) is -0.158. The van der Waals surface area contributed by atoms with Crippen LogP contribution in [-0.2, 0) is 14.4 Å². The third-order valence-electron chi connectivity index (χ3n) is 5.26. The number of likely N-dealkylation sites (tertiary alicyclic amines) is 2. The summed E-state index contributed by atoms with van der Waals surface area (Å²) in [6.45, 7) is 3.94. The maximum absolute atomic E-state index is 12.1. The van der Waals surface area contributed by atoms with E-state index in [1.54, 1.807) is 4.90 Å². The van der Waals surface area contributed by atoms with E-state index in [2.05, 4.69) is 36.3 Å². The Hall–Kier alpha value is -1.67. The summed E-state index contributed by atoms with van der Waals surface area (Å²) in [4.78, 5) is 38.4. The van der Waals surface area contributed by atoms with Crippen LogP contribution < -0.4 is 5.32 Å². The van der Waals surface area contributed by atoms with Crippen molar-refractivity contribution in [2.75, 3.05) is 53.9 Å². The lowest BCUT2D eigenvalue weighted by Gasteiger charge is -2.45. The number of hydrogen-bond acceptors (Lipinski definition) is 5. The number of likely N-dealkylation sites (N-methyl/N-ethyl adjacent to an activating group) is 1. The number of rotatable bonds is 6. The molecule has 2 aliphatic heterocycles. The van der Waals surface area contributed by atoms with Gasteiger partial charge in [0.15, 0.2) is 0 Å². The Bertz CT molecular complexity index is 448. The molecule has 0 atom stereocenters. The van der Waals surface area contributed by atoms with Gasteiger partial charge in [-0.3, -0.25) is 14.4 Å². The molecular formula is C17H32N4O4. The van der Waals surface area contributed by atoms with Crippen molar-refractivity contribution < 1.29 is 19.5 Å². The molecule has 2 aliphatic rings. The first-order chi connectivity index (χ1) is 11.8. The summed E-state index contributed by atoms with van der Waals surface area (Å²) in [5.74, 6) is 0.243. The van der Waals surface area contributed by atoms with E-state index in [1.165, 1.54) is 0 Å². The molecule has 0 saturated carbocycles. The van der Waals surface area contributed by atoms with Crippen LogP contribution in [0.4, 0.5) is 0 Å². The molecule has 0 aromatic carbocycles. The maximum Gasteiger partial charge on any atom is 0.290 e. The van der Waals surface area contributed by atoms with Crippen molar-refractivity contribution in [3.8, 4) is 0 Å². The monoisotopic (exact) mass is 356 g/mol. The van der Waals surface area contributed by atoms with Gasteiger partial charge in [-0.25, -0.2) is 0 Å². The lowest BCUT2D eigenvalue weighted by molar-refractivity contribution is -0.128. The minimum atomic E-state index is -0.250. The van der Waals surface area contributed by atoms with Crippen LogP contribution in [0.2, 0.25) is 0 Å². The Morgan fingerprint density at radius 1 is 1.32 bits per heavy atom. The zero-order chi connectivity index (χ0) is 18.9.